The molecule has 6 N–H and O–H groups in total. The molecule has 0 amide bonds. The van der Waals surface area contributed by atoms with Gasteiger partial charge in [0.05, 0.1) is 36.2 Å². The Bertz CT molecular complexity index is 1030. The van der Waals surface area contributed by atoms with Gasteiger partial charge in [0.2, 0.25) is 0 Å². The number of nitrogens with one attached hydrogen (secondary N) is 1. The summed E-state index contributed by atoms with van der Waals surface area (Å²) in [6.07, 6.45) is -5.39. The molecule has 0 radical (unpaired) electrons. The summed E-state index contributed by atoms with van der Waals surface area (Å²) in [4.78, 5) is 25.8. The second-order valence-corrected chi connectivity index (χ2v) is 8.35. The Balaban J connectivity index is 1.93. The van der Waals surface area contributed by atoms with Crippen molar-refractivity contribution in [3.05, 3.63) is 23.3 Å². The van der Waals surface area contributed by atoms with Crippen LogP contribution in [-0.4, -0.2) is 66.5 Å². The van der Waals surface area contributed by atoms with Crippen LogP contribution < -0.4 is 20.4 Å². The van der Waals surface area contributed by atoms with Gasteiger partial charge in [-0.3, -0.25) is 9.51 Å². The van der Waals surface area contributed by atoms with E-state index < -0.39 is 51.2 Å². The number of hydrogen-bond donors (Lipinski definition) is 6. The zero-order valence-electron chi connectivity index (χ0n) is 16.5. The molecule has 14 heteroatoms. The molecule has 13 nitrogen and oxygen atoms in total. The highest BCUT2D eigenvalue weighted by atomic mass is 31.2. The van der Waals surface area contributed by atoms with Gasteiger partial charge in [0.15, 0.2) is 5.82 Å². The number of fused-ring (bicyclic) bond motifs is 2. The third-order valence-electron chi connectivity index (χ3n) is 4.83. The lowest BCUT2D eigenvalue weighted by Gasteiger charge is -2.37. The first-order valence-corrected chi connectivity index (χ1v) is 10.6. The smallest absolute Gasteiger partial charge is 0.469 e. The van der Waals surface area contributed by atoms with Crippen molar-refractivity contribution in [1.29, 1.82) is 0 Å². The number of phosphoric acid groups is 1. The van der Waals surface area contributed by atoms with Gasteiger partial charge in [-0.2, -0.15) is 0 Å². The Hall–Kier alpha value is -2.51. The molecule has 2 heterocycles. The van der Waals surface area contributed by atoms with E-state index >= 15 is 0 Å². The molecule has 0 bridgehead atoms. The Morgan fingerprint density at radius 1 is 1.13 bits per heavy atom. The minimum Gasteiger partial charge on any atom is -0.857 e. The van der Waals surface area contributed by atoms with E-state index in [0.29, 0.717) is 11.4 Å². The summed E-state index contributed by atoms with van der Waals surface area (Å²) in [6.45, 7) is 2.32. The Kier molecular flexibility index (Phi) is 6.39. The van der Waals surface area contributed by atoms with E-state index in [1.807, 2.05) is 13.8 Å². The van der Waals surface area contributed by atoms with Crippen molar-refractivity contribution >= 4 is 30.7 Å². The molecule has 0 saturated carbocycles. The van der Waals surface area contributed by atoms with Crippen LogP contribution in [0.15, 0.2) is 12.1 Å². The number of aliphatic hydroxyl groups excluding tert-OH is 3. The van der Waals surface area contributed by atoms with E-state index in [0.717, 1.165) is 11.1 Å². The van der Waals surface area contributed by atoms with Crippen LogP contribution in [0.3, 0.4) is 0 Å². The molecule has 3 rings (SSSR count). The van der Waals surface area contributed by atoms with Gasteiger partial charge >= 0.3 is 7.82 Å². The van der Waals surface area contributed by atoms with E-state index in [1.54, 1.807) is 12.1 Å². The summed E-state index contributed by atoms with van der Waals surface area (Å²) >= 11 is 0. The summed E-state index contributed by atoms with van der Waals surface area (Å²) in [5.74, 6) is -0.970. The van der Waals surface area contributed by atoms with Crippen molar-refractivity contribution in [3.8, 4) is 11.9 Å². The average Bonchev–Trinajstić information content (AvgIpc) is 2.67. The SMILES string of the molecule is Cc1cc2c(cc1C)N(C[C@H](O)[C@H](O)[C@H](O)COP(=O)(O)O)c1nc([O-])nc([O-])c1N2. The van der Waals surface area contributed by atoms with Gasteiger partial charge in [0, 0.05) is 5.88 Å². The lowest BCUT2D eigenvalue weighted by Crippen LogP contribution is -2.46. The maximum Gasteiger partial charge on any atom is 0.469 e. The van der Waals surface area contributed by atoms with Gasteiger partial charge in [-0.1, -0.05) is 0 Å². The van der Waals surface area contributed by atoms with E-state index in [-0.39, 0.29) is 11.5 Å². The van der Waals surface area contributed by atoms with Crippen LogP contribution in [0.25, 0.3) is 0 Å². The third kappa shape index (κ3) is 5.05. The van der Waals surface area contributed by atoms with Gasteiger partial charge in [0.1, 0.15) is 18.3 Å². The second-order valence-electron chi connectivity index (χ2n) is 7.11. The highest BCUT2D eigenvalue weighted by Gasteiger charge is 2.33. The molecule has 2 aromatic rings. The third-order valence-corrected chi connectivity index (χ3v) is 5.31. The number of hydrogen-bond acceptors (Lipinski definition) is 11. The highest BCUT2D eigenvalue weighted by Crippen LogP contribution is 2.46. The fraction of sp³-hybridized carbons (Fsp3) is 0.412. The molecule has 1 aliphatic rings. The van der Waals surface area contributed by atoms with Crippen LogP contribution in [0, 0.1) is 13.8 Å². The number of phosphoric ester groups is 1. The summed E-state index contributed by atoms with van der Waals surface area (Å²) in [5, 5.41) is 57.4. The normalized spacial score (nSPS) is 16.2. The van der Waals surface area contributed by atoms with E-state index in [1.165, 1.54) is 4.90 Å². The fourth-order valence-electron chi connectivity index (χ4n) is 3.10. The van der Waals surface area contributed by atoms with Crippen molar-refractivity contribution in [2.45, 2.75) is 32.2 Å². The van der Waals surface area contributed by atoms with Crippen molar-refractivity contribution in [2.75, 3.05) is 23.4 Å². The minimum atomic E-state index is -4.89. The maximum absolute atomic E-state index is 12.2. The number of anilines is 4. The van der Waals surface area contributed by atoms with Gasteiger partial charge in [0.25, 0.3) is 0 Å². The van der Waals surface area contributed by atoms with Crippen molar-refractivity contribution in [1.82, 2.24) is 9.97 Å². The minimum absolute atomic E-state index is 0.0950. The zero-order chi connectivity index (χ0) is 23.1. The van der Waals surface area contributed by atoms with Crippen LogP contribution in [0.4, 0.5) is 22.9 Å². The van der Waals surface area contributed by atoms with Gasteiger partial charge in [-0.05, 0) is 37.1 Å². The Morgan fingerprint density at radius 3 is 2.42 bits per heavy atom. The zero-order valence-corrected chi connectivity index (χ0v) is 17.4. The van der Waals surface area contributed by atoms with Gasteiger partial charge in [-0.25, -0.2) is 9.55 Å². The van der Waals surface area contributed by atoms with E-state index in [4.69, 9.17) is 9.79 Å². The second kappa shape index (κ2) is 8.55. The number of benzene rings is 1. The van der Waals surface area contributed by atoms with Crippen LogP contribution in [0.1, 0.15) is 11.1 Å². The van der Waals surface area contributed by atoms with E-state index in [2.05, 4.69) is 19.8 Å². The molecule has 1 aromatic carbocycles. The molecule has 3 atom stereocenters. The molecule has 31 heavy (non-hydrogen) atoms. The van der Waals surface area contributed by atoms with Crippen LogP contribution in [0.2, 0.25) is 0 Å². The molecule has 1 aliphatic heterocycles. The topological polar surface area (TPSA) is 215 Å². The number of aromatic nitrogens is 2. The molecule has 0 unspecified atom stereocenters. The lowest BCUT2D eigenvalue weighted by molar-refractivity contribution is -0.296. The summed E-state index contributed by atoms with van der Waals surface area (Å²) < 4.78 is 14.9. The summed E-state index contributed by atoms with van der Waals surface area (Å²) in [5.41, 5.74) is 2.58. The molecule has 0 saturated heterocycles. The summed E-state index contributed by atoms with van der Waals surface area (Å²) in [7, 11) is -4.89. The first-order chi connectivity index (χ1) is 14.4. The van der Waals surface area contributed by atoms with Crippen molar-refractivity contribution in [3.63, 3.8) is 0 Å². The predicted molar refractivity (Wildman–Crippen MR) is 103 cm³/mol. The molecule has 1 aromatic heterocycles. The standard InChI is InChI=1S/C17H23N4O9P/c1-7-3-9-10(4-8(7)2)21(15-13(18-9)16(25)20-17(26)19-15)5-11(22)14(24)12(23)6-30-31(27,28)29/h3-4,11-12,14,18,22-24H,5-6H2,1-2H3,(H2,27,28,29)(H2,19,20,25,26)/p-2/t11-,12+,14-/m0/s1. The molecule has 170 valence electrons. The molecular formula is C17H21N4O9P-2. The first-order valence-electron chi connectivity index (χ1n) is 9.03. The molecular weight excluding hydrogens is 435 g/mol. The van der Waals surface area contributed by atoms with Gasteiger partial charge in [-0.15, -0.1) is 0 Å². The van der Waals surface area contributed by atoms with Crippen LogP contribution in [0.5, 0.6) is 11.9 Å². The Labute approximate surface area is 176 Å². The largest absolute Gasteiger partial charge is 0.857 e. The number of aliphatic hydroxyl groups is 3. The predicted octanol–water partition coefficient (Wildman–Crippen LogP) is -1.37. The lowest BCUT2D eigenvalue weighted by atomic mass is 10.0. The average molecular weight is 456 g/mol. The maximum atomic E-state index is 12.2. The van der Waals surface area contributed by atoms with Gasteiger partial charge < -0.3 is 45.5 Å². The van der Waals surface area contributed by atoms with Crippen LogP contribution >= 0.6 is 7.82 Å². The molecule has 0 aliphatic carbocycles. The first kappa shape index (κ1) is 23.2. The van der Waals surface area contributed by atoms with E-state index in [9.17, 15) is 30.1 Å². The van der Waals surface area contributed by atoms with Crippen LogP contribution in [-0.2, 0) is 9.09 Å². The van der Waals surface area contributed by atoms with Crippen molar-refractivity contribution in [2.24, 2.45) is 0 Å². The number of rotatable bonds is 7. The molecule has 0 fully saturated rings. The highest BCUT2D eigenvalue weighted by molar-refractivity contribution is 7.46. The Morgan fingerprint density at radius 2 is 1.77 bits per heavy atom. The monoisotopic (exact) mass is 456 g/mol. The quantitative estimate of drug-likeness (QED) is 0.265. The number of β-amino-alcohol motifs (C(OH)–C–C–N with tert-alkyl or cyclic N) is 1. The fourth-order valence-corrected chi connectivity index (χ4v) is 3.44. The number of nitrogens with zero attached hydrogens (tertiary/aromatic N) is 3. The number of aryl methyl sites for hydroxylation is 2. The summed E-state index contributed by atoms with van der Waals surface area (Å²) in [6, 6.07) is 2.44. The van der Waals surface area contributed by atoms with Crippen molar-refractivity contribution < 1.29 is 44.4 Å². The molecule has 0 spiro atoms.